The van der Waals surface area contributed by atoms with Gasteiger partial charge in [0.1, 0.15) is 6.07 Å². The largest absolute Gasteiger partial charge is 0.417 e. The zero-order chi connectivity index (χ0) is 10.8. The maximum Gasteiger partial charge on any atom is 0.417 e. The summed E-state index contributed by atoms with van der Waals surface area (Å²) in [5, 5.41) is 8.59. The van der Waals surface area contributed by atoms with Gasteiger partial charge in [-0.15, -0.1) is 0 Å². The van der Waals surface area contributed by atoms with Gasteiger partial charge in [0.2, 0.25) is 0 Å². The summed E-state index contributed by atoms with van der Waals surface area (Å²) >= 11 is 0. The molecule has 74 valence electrons. The summed E-state index contributed by atoms with van der Waals surface area (Å²) in [5.74, 6) is 0. The van der Waals surface area contributed by atoms with Crippen molar-refractivity contribution in [2.24, 2.45) is 5.73 Å². The Morgan fingerprint density at radius 3 is 2.43 bits per heavy atom. The second kappa shape index (κ2) is 3.68. The molecule has 0 heterocycles. The summed E-state index contributed by atoms with van der Waals surface area (Å²) in [7, 11) is 0. The molecule has 2 nitrogen and oxygen atoms in total. The van der Waals surface area contributed by atoms with Gasteiger partial charge in [0.25, 0.3) is 0 Å². The van der Waals surface area contributed by atoms with Crippen molar-refractivity contribution in [1.82, 2.24) is 0 Å². The lowest BCUT2D eigenvalue weighted by Crippen LogP contribution is -2.11. The molecule has 0 aliphatic carbocycles. The van der Waals surface area contributed by atoms with Gasteiger partial charge in [0.05, 0.1) is 11.1 Å². The van der Waals surface area contributed by atoms with Crippen molar-refractivity contribution < 1.29 is 13.2 Å². The van der Waals surface area contributed by atoms with Crippen molar-refractivity contribution in [2.45, 2.75) is 12.7 Å². The number of benzene rings is 1. The molecule has 0 aromatic heterocycles. The Labute approximate surface area is 78.8 Å². The van der Waals surface area contributed by atoms with E-state index in [2.05, 4.69) is 0 Å². The minimum atomic E-state index is -4.50. The number of hydrogen-bond donors (Lipinski definition) is 1. The molecule has 0 saturated heterocycles. The lowest BCUT2D eigenvalue weighted by molar-refractivity contribution is -0.137. The van der Waals surface area contributed by atoms with E-state index in [-0.39, 0.29) is 17.7 Å². The van der Waals surface area contributed by atoms with Gasteiger partial charge in [0.15, 0.2) is 0 Å². The maximum absolute atomic E-state index is 12.4. The Morgan fingerprint density at radius 1 is 1.36 bits per heavy atom. The number of halogens is 3. The number of alkyl halides is 3. The molecule has 0 unspecified atom stereocenters. The van der Waals surface area contributed by atoms with E-state index in [1.165, 1.54) is 18.2 Å². The summed E-state index contributed by atoms with van der Waals surface area (Å²) in [6.07, 6.45) is -4.50. The first-order valence-electron chi connectivity index (χ1n) is 3.80. The normalized spacial score (nSPS) is 11.1. The van der Waals surface area contributed by atoms with Crippen LogP contribution in [0.25, 0.3) is 0 Å². The van der Waals surface area contributed by atoms with Gasteiger partial charge in [-0.05, 0) is 11.6 Å². The van der Waals surface area contributed by atoms with Crippen molar-refractivity contribution in [3.63, 3.8) is 0 Å². The lowest BCUT2D eigenvalue weighted by atomic mass is 10.0. The summed E-state index contributed by atoms with van der Waals surface area (Å²) in [4.78, 5) is 0. The highest BCUT2D eigenvalue weighted by Crippen LogP contribution is 2.32. The first kappa shape index (κ1) is 10.5. The summed E-state index contributed by atoms with van der Waals surface area (Å²) in [5.41, 5.74) is 4.12. The average molecular weight is 200 g/mol. The quantitative estimate of drug-likeness (QED) is 0.754. The van der Waals surface area contributed by atoms with Crippen LogP contribution in [-0.2, 0) is 12.7 Å². The molecule has 1 aromatic carbocycles. The molecule has 14 heavy (non-hydrogen) atoms. The molecule has 0 fully saturated rings. The van der Waals surface area contributed by atoms with E-state index in [0.29, 0.717) is 0 Å². The summed E-state index contributed by atoms with van der Waals surface area (Å²) < 4.78 is 37.1. The molecule has 0 aliphatic heterocycles. The summed E-state index contributed by atoms with van der Waals surface area (Å²) in [6, 6.07) is 5.05. The molecule has 5 heteroatoms. The van der Waals surface area contributed by atoms with Crippen molar-refractivity contribution >= 4 is 0 Å². The fraction of sp³-hybridized carbons (Fsp3) is 0.222. The average Bonchev–Trinajstić information content (AvgIpc) is 2.15. The fourth-order valence-electron chi connectivity index (χ4n) is 1.14. The Kier molecular flexibility index (Phi) is 2.77. The van der Waals surface area contributed by atoms with E-state index >= 15 is 0 Å². The van der Waals surface area contributed by atoms with Crippen LogP contribution in [0.1, 0.15) is 16.7 Å². The van der Waals surface area contributed by atoms with Crippen molar-refractivity contribution in [1.29, 1.82) is 5.26 Å². The predicted octanol–water partition coefficient (Wildman–Crippen LogP) is 2.04. The van der Waals surface area contributed by atoms with Crippen molar-refractivity contribution in [3.05, 3.63) is 34.9 Å². The van der Waals surface area contributed by atoms with Gasteiger partial charge in [-0.3, -0.25) is 0 Å². The third-order valence-corrected chi connectivity index (χ3v) is 1.79. The minimum absolute atomic E-state index is 0.0766. The fourth-order valence-corrected chi connectivity index (χ4v) is 1.14. The van der Waals surface area contributed by atoms with Crippen LogP contribution in [0.5, 0.6) is 0 Å². The van der Waals surface area contributed by atoms with Crippen molar-refractivity contribution in [3.8, 4) is 6.07 Å². The second-order valence-electron chi connectivity index (χ2n) is 2.65. The minimum Gasteiger partial charge on any atom is -0.326 e. The van der Waals surface area contributed by atoms with Crippen LogP contribution in [0.3, 0.4) is 0 Å². The number of hydrogen-bond acceptors (Lipinski definition) is 2. The molecule has 0 radical (unpaired) electrons. The molecule has 1 rings (SSSR count). The number of nitriles is 1. The van der Waals surface area contributed by atoms with E-state index in [1.807, 2.05) is 0 Å². The van der Waals surface area contributed by atoms with Gasteiger partial charge in [-0.2, -0.15) is 18.4 Å². The predicted molar refractivity (Wildman–Crippen MR) is 44.1 cm³/mol. The first-order valence-corrected chi connectivity index (χ1v) is 3.80. The van der Waals surface area contributed by atoms with Gasteiger partial charge in [-0.25, -0.2) is 0 Å². The van der Waals surface area contributed by atoms with Crippen LogP contribution in [0.15, 0.2) is 18.2 Å². The highest BCUT2D eigenvalue weighted by molar-refractivity contribution is 5.45. The van der Waals surface area contributed by atoms with E-state index in [1.54, 1.807) is 0 Å². The Bertz CT molecular complexity index is 377. The van der Waals surface area contributed by atoms with E-state index in [0.717, 1.165) is 6.07 Å². The smallest absolute Gasteiger partial charge is 0.326 e. The molecular weight excluding hydrogens is 193 g/mol. The van der Waals surface area contributed by atoms with E-state index in [4.69, 9.17) is 11.0 Å². The Morgan fingerprint density at radius 2 is 2.00 bits per heavy atom. The molecule has 0 atom stereocenters. The highest BCUT2D eigenvalue weighted by Gasteiger charge is 2.34. The summed E-state index contributed by atoms with van der Waals surface area (Å²) in [6.45, 7) is -0.0766. The van der Waals surface area contributed by atoms with Crippen LogP contribution >= 0.6 is 0 Å². The lowest BCUT2D eigenvalue weighted by Gasteiger charge is -2.10. The molecule has 0 saturated carbocycles. The monoisotopic (exact) mass is 200 g/mol. The van der Waals surface area contributed by atoms with Crippen LogP contribution in [-0.4, -0.2) is 0 Å². The number of nitrogens with zero attached hydrogens (tertiary/aromatic N) is 1. The van der Waals surface area contributed by atoms with Crippen LogP contribution in [0.2, 0.25) is 0 Å². The third kappa shape index (κ3) is 1.86. The molecule has 0 spiro atoms. The van der Waals surface area contributed by atoms with E-state index < -0.39 is 11.7 Å². The number of nitrogens with two attached hydrogens (primary N) is 1. The van der Waals surface area contributed by atoms with Gasteiger partial charge in [0, 0.05) is 6.54 Å². The van der Waals surface area contributed by atoms with Crippen LogP contribution < -0.4 is 5.73 Å². The number of rotatable bonds is 1. The van der Waals surface area contributed by atoms with Crippen molar-refractivity contribution in [2.75, 3.05) is 0 Å². The third-order valence-electron chi connectivity index (χ3n) is 1.79. The molecule has 1 aromatic rings. The highest BCUT2D eigenvalue weighted by atomic mass is 19.4. The van der Waals surface area contributed by atoms with Gasteiger partial charge in [-0.1, -0.05) is 12.1 Å². The van der Waals surface area contributed by atoms with Gasteiger partial charge >= 0.3 is 6.18 Å². The first-order chi connectivity index (χ1) is 6.50. The van der Waals surface area contributed by atoms with Crippen LogP contribution in [0.4, 0.5) is 13.2 Å². The molecule has 0 bridgehead atoms. The van der Waals surface area contributed by atoms with Gasteiger partial charge < -0.3 is 5.73 Å². The zero-order valence-corrected chi connectivity index (χ0v) is 7.10. The standard InChI is InChI=1S/C9H7F3N2/c10-9(11,12)8-3-1-2-6(4-13)7(8)5-14/h1-3H,4,13H2. The second-order valence-corrected chi connectivity index (χ2v) is 2.65. The Balaban J connectivity index is 3.39. The maximum atomic E-state index is 12.4. The molecule has 0 amide bonds. The Hall–Kier alpha value is -1.54. The SMILES string of the molecule is N#Cc1c(CN)cccc1C(F)(F)F. The molecule has 2 N–H and O–H groups in total. The molecular formula is C9H7F3N2. The van der Waals surface area contributed by atoms with Crippen LogP contribution in [0, 0.1) is 11.3 Å². The van der Waals surface area contributed by atoms with E-state index in [9.17, 15) is 13.2 Å². The zero-order valence-electron chi connectivity index (χ0n) is 7.10. The topological polar surface area (TPSA) is 49.8 Å². The molecule has 0 aliphatic rings.